The highest BCUT2D eigenvalue weighted by molar-refractivity contribution is 7.80. The number of amides is 3. The number of hydrogen-bond donors (Lipinski definition) is 3. The first-order valence-corrected chi connectivity index (χ1v) is 8.74. The third kappa shape index (κ3) is 3.85. The summed E-state index contributed by atoms with van der Waals surface area (Å²) in [5.41, 5.74) is 3.15. The number of hydrazine groups is 1. The van der Waals surface area contributed by atoms with Gasteiger partial charge in [0.25, 0.3) is 5.91 Å². The summed E-state index contributed by atoms with van der Waals surface area (Å²) in [6.45, 7) is 2.13. The van der Waals surface area contributed by atoms with Gasteiger partial charge in [0, 0.05) is 6.54 Å². The van der Waals surface area contributed by atoms with Crippen molar-refractivity contribution < 1.29 is 14.3 Å². The number of thiocarbonyl (C=S) groups is 1. The van der Waals surface area contributed by atoms with Crippen molar-refractivity contribution in [3.8, 4) is 5.75 Å². The van der Waals surface area contributed by atoms with Crippen molar-refractivity contribution in [2.24, 2.45) is 0 Å². The molecule has 0 bridgehead atoms. The number of nitrogens with zero attached hydrogens (tertiary/aromatic N) is 1. The maximum Gasteiger partial charge on any atom is 0.344 e. The Hall–Kier alpha value is -3.13. The summed E-state index contributed by atoms with van der Waals surface area (Å²) in [6, 6.07) is 16.1. The van der Waals surface area contributed by atoms with Crippen molar-refractivity contribution in [2.75, 3.05) is 7.11 Å². The SMILES string of the molecule is COc1ccc([C@@]2(C)NC(=O)N(NC(=S)NCc3ccccc3)C2=O)cc1. The van der Waals surface area contributed by atoms with Crippen molar-refractivity contribution in [1.82, 2.24) is 21.1 Å². The lowest BCUT2D eigenvalue weighted by Gasteiger charge is -2.23. The molecule has 3 amide bonds. The zero-order valence-electron chi connectivity index (χ0n) is 15.0. The molecular weight excluding hydrogens is 364 g/mol. The minimum absolute atomic E-state index is 0.182. The summed E-state index contributed by atoms with van der Waals surface area (Å²) in [6.07, 6.45) is 0. The molecule has 0 aliphatic carbocycles. The molecule has 2 aromatic carbocycles. The van der Waals surface area contributed by atoms with Crippen molar-refractivity contribution in [3.05, 3.63) is 65.7 Å². The maximum atomic E-state index is 12.9. The Balaban J connectivity index is 1.67. The quantitative estimate of drug-likeness (QED) is 0.541. The third-order valence-corrected chi connectivity index (χ3v) is 4.60. The fourth-order valence-corrected chi connectivity index (χ4v) is 2.94. The third-order valence-electron chi connectivity index (χ3n) is 4.37. The molecule has 7 nitrogen and oxygen atoms in total. The molecule has 1 aliphatic rings. The second-order valence-electron chi connectivity index (χ2n) is 6.20. The molecule has 3 rings (SSSR count). The van der Waals surface area contributed by atoms with Gasteiger partial charge in [-0.2, -0.15) is 5.01 Å². The van der Waals surface area contributed by atoms with Crippen molar-refractivity contribution in [1.29, 1.82) is 0 Å². The Morgan fingerprint density at radius 1 is 1.15 bits per heavy atom. The molecule has 8 heteroatoms. The van der Waals surface area contributed by atoms with Crippen LogP contribution in [0.2, 0.25) is 0 Å². The number of urea groups is 1. The van der Waals surface area contributed by atoms with E-state index in [4.69, 9.17) is 17.0 Å². The lowest BCUT2D eigenvalue weighted by atomic mass is 9.92. The minimum atomic E-state index is -1.19. The number of carbonyl (C=O) groups excluding carboxylic acids is 2. The van der Waals surface area contributed by atoms with Crippen LogP contribution in [0, 0.1) is 0 Å². The molecule has 1 heterocycles. The van der Waals surface area contributed by atoms with Gasteiger partial charge in [0.15, 0.2) is 5.11 Å². The van der Waals surface area contributed by atoms with Gasteiger partial charge in [-0.05, 0) is 42.4 Å². The molecule has 0 unspecified atom stereocenters. The average Bonchev–Trinajstić information content (AvgIpc) is 2.91. The topological polar surface area (TPSA) is 82.7 Å². The first-order chi connectivity index (χ1) is 12.9. The van der Waals surface area contributed by atoms with Crippen molar-refractivity contribution in [2.45, 2.75) is 19.0 Å². The van der Waals surface area contributed by atoms with Crippen LogP contribution in [0.1, 0.15) is 18.1 Å². The van der Waals surface area contributed by atoms with Gasteiger partial charge >= 0.3 is 6.03 Å². The molecule has 0 radical (unpaired) electrons. The van der Waals surface area contributed by atoms with E-state index in [1.807, 2.05) is 30.3 Å². The fourth-order valence-electron chi connectivity index (χ4n) is 2.78. The van der Waals surface area contributed by atoms with Crippen LogP contribution in [0.5, 0.6) is 5.75 Å². The molecule has 0 spiro atoms. The number of rotatable bonds is 5. The summed E-state index contributed by atoms with van der Waals surface area (Å²) < 4.78 is 5.13. The normalized spacial score (nSPS) is 18.8. The van der Waals surface area contributed by atoms with Gasteiger partial charge in [0.2, 0.25) is 0 Å². The number of nitrogens with one attached hydrogen (secondary N) is 3. The van der Waals surface area contributed by atoms with Gasteiger partial charge in [0.05, 0.1) is 7.11 Å². The average molecular weight is 384 g/mol. The Labute approximate surface area is 162 Å². The number of ether oxygens (including phenoxy) is 1. The van der Waals surface area contributed by atoms with Gasteiger partial charge in [-0.1, -0.05) is 42.5 Å². The van der Waals surface area contributed by atoms with Crippen LogP contribution < -0.4 is 20.8 Å². The summed E-state index contributed by atoms with van der Waals surface area (Å²) in [5, 5.41) is 6.76. The van der Waals surface area contributed by atoms with Crippen LogP contribution in [0.15, 0.2) is 54.6 Å². The van der Waals surface area contributed by atoms with E-state index in [0.29, 0.717) is 17.9 Å². The maximum absolute atomic E-state index is 12.9. The molecule has 1 fully saturated rings. The van der Waals surface area contributed by atoms with Gasteiger partial charge in [-0.25, -0.2) is 4.79 Å². The Morgan fingerprint density at radius 3 is 2.44 bits per heavy atom. The fraction of sp³-hybridized carbons (Fsp3) is 0.211. The van der Waals surface area contributed by atoms with Crippen LogP contribution in [-0.4, -0.2) is 29.2 Å². The van der Waals surface area contributed by atoms with Gasteiger partial charge in [-0.15, -0.1) is 0 Å². The molecule has 140 valence electrons. The molecule has 1 atom stereocenters. The standard InChI is InChI=1S/C19H20N4O3S/c1-19(14-8-10-15(26-2)11-9-14)16(24)23(18(25)21-19)22-17(27)20-12-13-6-4-3-5-7-13/h3-11H,12H2,1-2H3,(H,21,25)(H2,20,22,27)/t19-/m1/s1. The Bertz CT molecular complexity index is 857. The predicted molar refractivity (Wildman–Crippen MR) is 105 cm³/mol. The van der Waals surface area contributed by atoms with Gasteiger partial charge in [-0.3, -0.25) is 10.2 Å². The number of imide groups is 1. The van der Waals surface area contributed by atoms with Crippen molar-refractivity contribution >= 4 is 29.3 Å². The largest absolute Gasteiger partial charge is 0.497 e. The molecule has 0 saturated carbocycles. The smallest absolute Gasteiger partial charge is 0.344 e. The van der Waals surface area contributed by atoms with Crippen LogP contribution in [0.4, 0.5) is 4.79 Å². The Morgan fingerprint density at radius 2 is 1.81 bits per heavy atom. The molecular formula is C19H20N4O3S. The van der Waals surface area contributed by atoms with Gasteiger partial charge < -0.3 is 15.4 Å². The van der Waals surface area contributed by atoms with E-state index in [1.165, 1.54) is 0 Å². The summed E-state index contributed by atoms with van der Waals surface area (Å²) in [4.78, 5) is 25.2. The zero-order chi connectivity index (χ0) is 19.4. The number of hydrogen-bond acceptors (Lipinski definition) is 4. The molecule has 27 heavy (non-hydrogen) atoms. The highest BCUT2D eigenvalue weighted by atomic mass is 32.1. The van der Waals surface area contributed by atoms with E-state index < -0.39 is 17.5 Å². The molecule has 2 aromatic rings. The first-order valence-electron chi connectivity index (χ1n) is 8.33. The van der Waals surface area contributed by atoms with Crippen LogP contribution in [0.25, 0.3) is 0 Å². The van der Waals surface area contributed by atoms with E-state index in [-0.39, 0.29) is 5.11 Å². The highest BCUT2D eigenvalue weighted by Crippen LogP contribution is 2.29. The predicted octanol–water partition coefficient (Wildman–Crippen LogP) is 2.04. The van der Waals surface area contributed by atoms with E-state index in [2.05, 4.69) is 16.1 Å². The summed E-state index contributed by atoms with van der Waals surface area (Å²) in [7, 11) is 1.56. The summed E-state index contributed by atoms with van der Waals surface area (Å²) in [5.74, 6) is 0.224. The second kappa shape index (κ2) is 7.63. The molecule has 0 aromatic heterocycles. The van der Waals surface area contributed by atoms with Gasteiger partial charge in [0.1, 0.15) is 11.3 Å². The van der Waals surface area contributed by atoms with Crippen LogP contribution in [0.3, 0.4) is 0 Å². The summed E-state index contributed by atoms with van der Waals surface area (Å²) >= 11 is 5.21. The zero-order valence-corrected chi connectivity index (χ0v) is 15.8. The van der Waals surface area contributed by atoms with Crippen LogP contribution >= 0.6 is 12.2 Å². The number of benzene rings is 2. The molecule has 3 N–H and O–H groups in total. The Kier molecular flexibility index (Phi) is 5.27. The highest BCUT2D eigenvalue weighted by Gasteiger charge is 2.49. The monoisotopic (exact) mass is 384 g/mol. The second-order valence-corrected chi connectivity index (χ2v) is 6.61. The molecule has 1 saturated heterocycles. The molecule has 1 aliphatic heterocycles. The first kappa shape index (κ1) is 18.7. The van der Waals surface area contributed by atoms with E-state index in [0.717, 1.165) is 10.6 Å². The van der Waals surface area contributed by atoms with E-state index >= 15 is 0 Å². The van der Waals surface area contributed by atoms with Crippen LogP contribution in [-0.2, 0) is 16.9 Å². The van der Waals surface area contributed by atoms with E-state index in [1.54, 1.807) is 38.3 Å². The number of methoxy groups -OCH3 is 1. The van der Waals surface area contributed by atoms with E-state index in [9.17, 15) is 9.59 Å². The lowest BCUT2D eigenvalue weighted by Crippen LogP contribution is -2.51. The van der Waals surface area contributed by atoms with Crippen molar-refractivity contribution in [3.63, 3.8) is 0 Å². The lowest BCUT2D eigenvalue weighted by molar-refractivity contribution is -0.132. The number of carbonyl (C=O) groups is 2. The minimum Gasteiger partial charge on any atom is -0.497 e.